The van der Waals surface area contributed by atoms with Crippen molar-refractivity contribution < 1.29 is 19.4 Å². The highest BCUT2D eigenvalue weighted by molar-refractivity contribution is 5.95. The molecule has 0 bridgehead atoms. The van der Waals surface area contributed by atoms with Crippen molar-refractivity contribution in [1.82, 2.24) is 34.9 Å². The summed E-state index contributed by atoms with van der Waals surface area (Å²) in [5.41, 5.74) is 1.10. The van der Waals surface area contributed by atoms with E-state index in [4.69, 9.17) is 9.72 Å². The van der Waals surface area contributed by atoms with E-state index in [2.05, 4.69) is 32.6 Å². The standard InChI is InChI=1S/C30H38N8O4/c1-17(19-8-5-6-9-19)33-24-12-20(30(3,4)35-29(40)41)13-25(34-24)42-26-22-14-37(15-23(22)26)27(39)21-16-38(36-18(21)2)28-31-10-7-11-32-28/h7,10-13,16-17,19,22-23,26,35H,5-6,8-9,14-15H2,1-4H3,(H,33,34)(H,40,41)/t17?,22-,23+,26-. The van der Waals surface area contributed by atoms with Gasteiger partial charge in [0.15, 0.2) is 0 Å². The Kier molecular flexibility index (Phi) is 7.24. The van der Waals surface area contributed by atoms with Gasteiger partial charge in [0, 0.05) is 55.6 Å². The molecule has 2 amide bonds. The van der Waals surface area contributed by atoms with Gasteiger partial charge in [-0.15, -0.1) is 0 Å². The van der Waals surface area contributed by atoms with Gasteiger partial charge in [0.2, 0.25) is 11.8 Å². The molecule has 12 heteroatoms. The second kappa shape index (κ2) is 10.9. The number of fused-ring (bicyclic) bond motifs is 1. The van der Waals surface area contributed by atoms with Gasteiger partial charge in [-0.1, -0.05) is 12.8 Å². The number of likely N-dealkylation sites (tertiary alicyclic amines) is 1. The molecule has 3 aromatic rings. The molecule has 4 atom stereocenters. The van der Waals surface area contributed by atoms with Crippen molar-refractivity contribution in [2.24, 2.45) is 17.8 Å². The maximum Gasteiger partial charge on any atom is 0.405 e. The Hall–Kier alpha value is -4.22. The van der Waals surface area contributed by atoms with Crippen LogP contribution in [-0.2, 0) is 5.54 Å². The van der Waals surface area contributed by atoms with Crippen LogP contribution in [0.1, 0.15) is 68.1 Å². The number of aryl methyl sites for hydroxylation is 1. The molecule has 3 N–H and O–H groups in total. The highest BCUT2D eigenvalue weighted by atomic mass is 16.5. The van der Waals surface area contributed by atoms with Crippen LogP contribution < -0.4 is 15.4 Å². The highest BCUT2D eigenvalue weighted by Crippen LogP contribution is 2.48. The van der Waals surface area contributed by atoms with Crippen molar-refractivity contribution in [3.8, 4) is 11.8 Å². The molecule has 1 saturated heterocycles. The van der Waals surface area contributed by atoms with Crippen LogP contribution in [0.2, 0.25) is 0 Å². The minimum Gasteiger partial charge on any atom is -0.474 e. The number of ether oxygens (including phenoxy) is 1. The number of carboxylic acid groups (broad SMARTS) is 1. The molecule has 0 aromatic carbocycles. The second-order valence-electron chi connectivity index (χ2n) is 12.4. The molecule has 1 aliphatic heterocycles. The van der Waals surface area contributed by atoms with E-state index in [9.17, 15) is 14.7 Å². The van der Waals surface area contributed by atoms with Crippen molar-refractivity contribution in [3.05, 3.63) is 53.6 Å². The Morgan fingerprint density at radius 3 is 2.48 bits per heavy atom. The largest absolute Gasteiger partial charge is 0.474 e. The van der Waals surface area contributed by atoms with E-state index in [1.54, 1.807) is 24.7 Å². The number of nitrogens with one attached hydrogen (secondary N) is 2. The summed E-state index contributed by atoms with van der Waals surface area (Å²) < 4.78 is 7.93. The first-order valence-electron chi connectivity index (χ1n) is 14.7. The number of hydrogen-bond donors (Lipinski definition) is 3. The molecule has 1 unspecified atom stereocenters. The SMILES string of the molecule is Cc1nn(-c2ncccn2)cc1C(=O)N1C[C@@H]2[C@H](C1)[C@@H]2Oc1cc(C(C)(C)NC(=O)O)cc(NC(C)C2CCCC2)n1. The van der Waals surface area contributed by atoms with Crippen molar-refractivity contribution in [2.75, 3.05) is 18.4 Å². The number of amides is 2. The molecule has 3 aromatic heterocycles. The molecule has 3 aliphatic rings. The summed E-state index contributed by atoms with van der Waals surface area (Å²) in [6.45, 7) is 8.84. The molecule has 12 nitrogen and oxygen atoms in total. The average molecular weight is 575 g/mol. The van der Waals surface area contributed by atoms with Gasteiger partial charge in [0.1, 0.15) is 11.9 Å². The van der Waals surface area contributed by atoms with Gasteiger partial charge in [-0.2, -0.15) is 10.1 Å². The van der Waals surface area contributed by atoms with E-state index in [0.717, 1.165) is 5.56 Å². The average Bonchev–Trinajstić information content (AvgIpc) is 3.46. The zero-order valence-electron chi connectivity index (χ0n) is 24.4. The van der Waals surface area contributed by atoms with Gasteiger partial charge < -0.3 is 25.4 Å². The summed E-state index contributed by atoms with van der Waals surface area (Å²) in [5, 5.41) is 20.0. The number of carbonyl (C=O) groups excluding carboxylic acids is 1. The van der Waals surface area contributed by atoms with E-state index >= 15 is 0 Å². The Morgan fingerprint density at radius 1 is 1.12 bits per heavy atom. The van der Waals surface area contributed by atoms with Gasteiger partial charge in [-0.25, -0.2) is 19.4 Å². The third-order valence-corrected chi connectivity index (χ3v) is 8.97. The lowest BCUT2D eigenvalue weighted by Gasteiger charge is -2.27. The van der Waals surface area contributed by atoms with Gasteiger partial charge in [-0.3, -0.25) is 4.79 Å². The van der Waals surface area contributed by atoms with E-state index in [1.165, 1.54) is 30.4 Å². The fourth-order valence-electron chi connectivity index (χ4n) is 6.45. The van der Waals surface area contributed by atoms with Crippen LogP contribution in [-0.4, -0.2) is 72.0 Å². The second-order valence-corrected chi connectivity index (χ2v) is 12.4. The van der Waals surface area contributed by atoms with Crippen LogP contribution in [0.4, 0.5) is 10.6 Å². The molecule has 0 spiro atoms. The molecular formula is C30H38N8O4. The summed E-state index contributed by atoms with van der Waals surface area (Å²) >= 11 is 0. The molecule has 2 aliphatic carbocycles. The summed E-state index contributed by atoms with van der Waals surface area (Å²) in [5.74, 6) is 2.52. The molecule has 222 valence electrons. The Bertz CT molecular complexity index is 1460. The molecule has 4 heterocycles. The van der Waals surface area contributed by atoms with E-state index in [-0.39, 0.29) is 29.9 Å². The fourth-order valence-corrected chi connectivity index (χ4v) is 6.45. The topological polar surface area (TPSA) is 147 Å². The number of rotatable bonds is 9. The van der Waals surface area contributed by atoms with Crippen LogP contribution in [0, 0.1) is 24.7 Å². The number of carbonyl (C=O) groups is 2. The Labute approximate surface area is 244 Å². The maximum atomic E-state index is 13.4. The lowest BCUT2D eigenvalue weighted by Crippen LogP contribution is -2.40. The van der Waals surface area contributed by atoms with E-state index < -0.39 is 11.6 Å². The van der Waals surface area contributed by atoms with E-state index in [1.807, 2.05) is 37.8 Å². The summed E-state index contributed by atoms with van der Waals surface area (Å²) in [6, 6.07) is 5.71. The zero-order valence-corrected chi connectivity index (χ0v) is 24.4. The lowest BCUT2D eigenvalue weighted by molar-refractivity contribution is 0.0750. The number of hydrogen-bond acceptors (Lipinski definition) is 8. The molecule has 2 saturated carbocycles. The predicted molar refractivity (Wildman–Crippen MR) is 155 cm³/mol. The maximum absolute atomic E-state index is 13.4. The van der Waals surface area contributed by atoms with E-state index in [0.29, 0.717) is 47.9 Å². The van der Waals surface area contributed by atoms with Crippen LogP contribution in [0.15, 0.2) is 36.8 Å². The molecule has 6 rings (SSSR count). The van der Waals surface area contributed by atoms with Gasteiger partial charge in [-0.05, 0) is 64.2 Å². The Morgan fingerprint density at radius 2 is 1.81 bits per heavy atom. The first-order valence-corrected chi connectivity index (χ1v) is 14.7. The zero-order chi connectivity index (χ0) is 29.6. The third kappa shape index (κ3) is 5.62. The number of nitrogens with zero attached hydrogens (tertiary/aromatic N) is 6. The molecular weight excluding hydrogens is 536 g/mol. The minimum atomic E-state index is -1.09. The van der Waals surface area contributed by atoms with Crippen LogP contribution in [0.5, 0.6) is 5.88 Å². The highest BCUT2D eigenvalue weighted by Gasteiger charge is 2.59. The minimum absolute atomic E-state index is 0.0472. The van der Waals surface area contributed by atoms with Crippen LogP contribution >= 0.6 is 0 Å². The lowest BCUT2D eigenvalue weighted by atomic mass is 9.94. The quantitative estimate of drug-likeness (QED) is 0.345. The van der Waals surface area contributed by atoms with Crippen LogP contribution in [0.25, 0.3) is 5.95 Å². The van der Waals surface area contributed by atoms with Crippen molar-refractivity contribution >= 4 is 17.8 Å². The van der Waals surface area contributed by atoms with Crippen molar-refractivity contribution in [1.29, 1.82) is 0 Å². The molecule has 3 fully saturated rings. The number of piperidine rings is 1. The predicted octanol–water partition coefficient (Wildman–Crippen LogP) is 4.01. The smallest absolute Gasteiger partial charge is 0.405 e. The third-order valence-electron chi connectivity index (χ3n) is 8.97. The number of pyridine rings is 1. The normalized spacial score (nSPS) is 22.5. The Balaban J connectivity index is 1.14. The molecule has 0 radical (unpaired) electrons. The van der Waals surface area contributed by atoms with Gasteiger partial charge >= 0.3 is 6.09 Å². The first-order chi connectivity index (χ1) is 20.1. The van der Waals surface area contributed by atoms with Gasteiger partial charge in [0.25, 0.3) is 5.91 Å². The van der Waals surface area contributed by atoms with Crippen LogP contribution in [0.3, 0.4) is 0 Å². The fraction of sp³-hybridized carbons (Fsp3) is 0.533. The monoisotopic (exact) mass is 574 g/mol. The van der Waals surface area contributed by atoms with Crippen molar-refractivity contribution in [2.45, 2.75) is 71.1 Å². The summed E-state index contributed by atoms with van der Waals surface area (Å²) in [4.78, 5) is 39.9. The first kappa shape index (κ1) is 27.9. The van der Waals surface area contributed by atoms with Gasteiger partial charge in [0.05, 0.1) is 16.8 Å². The summed E-state index contributed by atoms with van der Waals surface area (Å²) in [6.07, 6.45) is 8.73. The number of anilines is 1. The number of aromatic nitrogens is 5. The summed E-state index contributed by atoms with van der Waals surface area (Å²) in [7, 11) is 0. The molecule has 42 heavy (non-hydrogen) atoms. The van der Waals surface area contributed by atoms with Crippen molar-refractivity contribution in [3.63, 3.8) is 0 Å².